The first-order valence-electron chi connectivity index (χ1n) is 5.88. The van der Waals surface area contributed by atoms with Crippen molar-refractivity contribution in [3.8, 4) is 0 Å². The molecule has 0 saturated heterocycles. The SMILES string of the molecule is CC(C)Cn1c(C(C)C)ccc(C(N)=S)c1=O. The molecule has 1 aromatic heterocycles. The zero-order valence-electron chi connectivity index (χ0n) is 10.9. The predicted octanol–water partition coefficient (Wildman–Crippen LogP) is 2.26. The van der Waals surface area contributed by atoms with Crippen LogP contribution < -0.4 is 11.3 Å². The van der Waals surface area contributed by atoms with Gasteiger partial charge in [-0.2, -0.15) is 0 Å². The molecule has 17 heavy (non-hydrogen) atoms. The highest BCUT2D eigenvalue weighted by atomic mass is 32.1. The number of rotatable bonds is 4. The molecule has 0 amide bonds. The second-order valence-corrected chi connectivity index (χ2v) is 5.44. The number of aromatic nitrogens is 1. The third kappa shape index (κ3) is 3.16. The number of nitrogens with two attached hydrogens (primary N) is 1. The summed E-state index contributed by atoms with van der Waals surface area (Å²) in [5.74, 6) is 0.716. The standard InChI is InChI=1S/C13H20N2OS/c1-8(2)7-15-11(9(3)4)6-5-10(12(14)17)13(15)16/h5-6,8-9H,7H2,1-4H3,(H2,14,17). The molecule has 4 heteroatoms. The minimum atomic E-state index is -0.0719. The number of thiocarbonyl (C=S) groups is 1. The van der Waals surface area contributed by atoms with Gasteiger partial charge in [-0.1, -0.05) is 39.9 Å². The van der Waals surface area contributed by atoms with E-state index in [0.29, 0.717) is 23.9 Å². The fraction of sp³-hybridized carbons (Fsp3) is 0.538. The summed E-state index contributed by atoms with van der Waals surface area (Å²) in [6.45, 7) is 9.02. The van der Waals surface area contributed by atoms with Crippen molar-refractivity contribution in [3.63, 3.8) is 0 Å². The summed E-state index contributed by atoms with van der Waals surface area (Å²) < 4.78 is 1.80. The normalized spacial score (nSPS) is 11.2. The minimum Gasteiger partial charge on any atom is -0.389 e. The summed E-state index contributed by atoms with van der Waals surface area (Å²) in [4.78, 5) is 12.4. The summed E-state index contributed by atoms with van der Waals surface area (Å²) in [5.41, 5.74) is 6.95. The monoisotopic (exact) mass is 252 g/mol. The molecule has 0 radical (unpaired) electrons. The van der Waals surface area contributed by atoms with E-state index in [1.807, 2.05) is 6.07 Å². The zero-order valence-corrected chi connectivity index (χ0v) is 11.7. The molecule has 3 nitrogen and oxygen atoms in total. The van der Waals surface area contributed by atoms with Crippen LogP contribution in [0.15, 0.2) is 16.9 Å². The van der Waals surface area contributed by atoms with Crippen molar-refractivity contribution in [1.82, 2.24) is 4.57 Å². The molecular weight excluding hydrogens is 232 g/mol. The molecule has 0 aliphatic heterocycles. The Kier molecular flexibility index (Phi) is 4.46. The first-order chi connectivity index (χ1) is 7.84. The third-order valence-corrected chi connectivity index (χ3v) is 2.83. The summed E-state index contributed by atoms with van der Waals surface area (Å²) in [7, 11) is 0. The lowest BCUT2D eigenvalue weighted by atomic mass is 10.1. The molecule has 0 aliphatic carbocycles. The smallest absolute Gasteiger partial charge is 0.261 e. The maximum atomic E-state index is 12.3. The maximum absolute atomic E-state index is 12.3. The van der Waals surface area contributed by atoms with E-state index in [1.54, 1.807) is 10.6 Å². The van der Waals surface area contributed by atoms with Crippen molar-refractivity contribution in [1.29, 1.82) is 0 Å². The molecular formula is C13H20N2OS. The van der Waals surface area contributed by atoms with Crippen molar-refractivity contribution in [2.24, 2.45) is 11.7 Å². The molecule has 94 valence electrons. The molecule has 0 aromatic carbocycles. The molecule has 1 aromatic rings. The van der Waals surface area contributed by atoms with Crippen LogP contribution in [0.25, 0.3) is 0 Å². The fourth-order valence-corrected chi connectivity index (χ4v) is 1.99. The average molecular weight is 252 g/mol. The van der Waals surface area contributed by atoms with Crippen molar-refractivity contribution >= 4 is 17.2 Å². The van der Waals surface area contributed by atoms with Crippen LogP contribution in [-0.2, 0) is 6.54 Å². The molecule has 1 rings (SSSR count). The lowest BCUT2D eigenvalue weighted by Gasteiger charge is -2.18. The number of hydrogen-bond acceptors (Lipinski definition) is 2. The highest BCUT2D eigenvalue weighted by Gasteiger charge is 2.13. The highest BCUT2D eigenvalue weighted by Crippen LogP contribution is 2.14. The van der Waals surface area contributed by atoms with E-state index in [2.05, 4.69) is 27.7 Å². The fourth-order valence-electron chi connectivity index (χ4n) is 1.84. The first-order valence-corrected chi connectivity index (χ1v) is 6.29. The van der Waals surface area contributed by atoms with Gasteiger partial charge >= 0.3 is 0 Å². The average Bonchev–Trinajstić information content (AvgIpc) is 2.19. The minimum absolute atomic E-state index is 0.0719. The number of nitrogens with zero attached hydrogens (tertiary/aromatic N) is 1. The Morgan fingerprint density at radius 1 is 1.35 bits per heavy atom. The van der Waals surface area contributed by atoms with Crippen LogP contribution in [0.4, 0.5) is 0 Å². The predicted molar refractivity (Wildman–Crippen MR) is 75.5 cm³/mol. The van der Waals surface area contributed by atoms with E-state index in [4.69, 9.17) is 18.0 Å². The van der Waals surface area contributed by atoms with Crippen molar-refractivity contribution in [2.45, 2.75) is 40.2 Å². The maximum Gasteiger partial charge on any atom is 0.261 e. The van der Waals surface area contributed by atoms with Crippen molar-refractivity contribution < 1.29 is 0 Å². The van der Waals surface area contributed by atoms with E-state index < -0.39 is 0 Å². The van der Waals surface area contributed by atoms with E-state index in [1.165, 1.54) is 0 Å². The Morgan fingerprint density at radius 2 is 1.94 bits per heavy atom. The van der Waals surface area contributed by atoms with E-state index in [-0.39, 0.29) is 10.5 Å². The van der Waals surface area contributed by atoms with Gasteiger partial charge < -0.3 is 10.3 Å². The van der Waals surface area contributed by atoms with Crippen LogP contribution in [-0.4, -0.2) is 9.56 Å². The van der Waals surface area contributed by atoms with Gasteiger partial charge in [0.1, 0.15) is 4.99 Å². The quantitative estimate of drug-likeness (QED) is 0.836. The molecule has 0 saturated carbocycles. The third-order valence-electron chi connectivity index (χ3n) is 2.61. The van der Waals surface area contributed by atoms with Gasteiger partial charge in [-0.05, 0) is 24.0 Å². The van der Waals surface area contributed by atoms with Crippen LogP contribution in [0.5, 0.6) is 0 Å². The van der Waals surface area contributed by atoms with Gasteiger partial charge in [0, 0.05) is 12.2 Å². The lowest BCUT2D eigenvalue weighted by Crippen LogP contribution is -2.32. The summed E-state index contributed by atoms with van der Waals surface area (Å²) in [5, 5.41) is 0. The number of hydrogen-bond donors (Lipinski definition) is 1. The molecule has 0 aliphatic rings. The van der Waals surface area contributed by atoms with Crippen molar-refractivity contribution in [2.75, 3.05) is 0 Å². The number of pyridine rings is 1. The van der Waals surface area contributed by atoms with Gasteiger partial charge in [0.2, 0.25) is 0 Å². The van der Waals surface area contributed by atoms with Crippen LogP contribution >= 0.6 is 12.2 Å². The van der Waals surface area contributed by atoms with Gasteiger partial charge in [0.05, 0.1) is 5.56 Å². The second kappa shape index (κ2) is 5.45. The van der Waals surface area contributed by atoms with Gasteiger partial charge in [-0.3, -0.25) is 4.79 Å². The van der Waals surface area contributed by atoms with Gasteiger partial charge in [0.25, 0.3) is 5.56 Å². The van der Waals surface area contributed by atoms with E-state index >= 15 is 0 Å². The lowest BCUT2D eigenvalue weighted by molar-refractivity contribution is 0.487. The van der Waals surface area contributed by atoms with Gasteiger partial charge in [0.15, 0.2) is 0 Å². The summed E-state index contributed by atoms with van der Waals surface area (Å²) >= 11 is 4.90. The van der Waals surface area contributed by atoms with Crippen LogP contribution in [0.2, 0.25) is 0 Å². The Morgan fingerprint density at radius 3 is 2.35 bits per heavy atom. The van der Waals surface area contributed by atoms with Crippen LogP contribution in [0, 0.1) is 5.92 Å². The topological polar surface area (TPSA) is 48.0 Å². The van der Waals surface area contributed by atoms with E-state index in [0.717, 1.165) is 5.69 Å². The second-order valence-electron chi connectivity index (χ2n) is 5.00. The Hall–Kier alpha value is -1.16. The molecule has 2 N–H and O–H groups in total. The van der Waals surface area contributed by atoms with Crippen LogP contribution in [0.3, 0.4) is 0 Å². The largest absolute Gasteiger partial charge is 0.389 e. The first kappa shape index (κ1) is 13.9. The molecule has 0 spiro atoms. The summed E-state index contributed by atoms with van der Waals surface area (Å²) in [6, 6.07) is 3.68. The highest BCUT2D eigenvalue weighted by molar-refractivity contribution is 7.80. The zero-order chi connectivity index (χ0) is 13.2. The molecule has 0 fully saturated rings. The van der Waals surface area contributed by atoms with Crippen molar-refractivity contribution in [3.05, 3.63) is 33.7 Å². The van der Waals surface area contributed by atoms with Gasteiger partial charge in [-0.15, -0.1) is 0 Å². The Balaban J connectivity index is 3.42. The molecule has 1 heterocycles. The molecule has 0 bridgehead atoms. The van der Waals surface area contributed by atoms with E-state index in [9.17, 15) is 4.79 Å². The molecule has 0 unspecified atom stereocenters. The Labute approximate surface area is 108 Å². The summed E-state index contributed by atoms with van der Waals surface area (Å²) in [6.07, 6.45) is 0. The van der Waals surface area contributed by atoms with Crippen LogP contribution in [0.1, 0.15) is 44.9 Å². The Bertz CT molecular complexity index is 475. The molecule has 0 atom stereocenters. The van der Waals surface area contributed by atoms with Gasteiger partial charge in [-0.25, -0.2) is 0 Å².